The van der Waals surface area contributed by atoms with Crippen LogP contribution in [0.4, 0.5) is 0 Å². The first-order valence-corrected chi connectivity index (χ1v) is 11.4. The van der Waals surface area contributed by atoms with E-state index in [0.717, 1.165) is 36.4 Å². The number of sulfone groups is 1. The Hall–Kier alpha value is -1.56. The van der Waals surface area contributed by atoms with Gasteiger partial charge in [-0.2, -0.15) is 0 Å². The third-order valence-electron chi connectivity index (χ3n) is 4.75. The van der Waals surface area contributed by atoms with E-state index >= 15 is 0 Å². The van der Waals surface area contributed by atoms with Crippen molar-refractivity contribution in [3.8, 4) is 0 Å². The Kier molecular flexibility index (Phi) is 7.94. The quantitative estimate of drug-likeness (QED) is 0.429. The van der Waals surface area contributed by atoms with E-state index < -0.39 is 9.84 Å². The number of guanidine groups is 1. The van der Waals surface area contributed by atoms with E-state index in [-0.39, 0.29) is 11.5 Å². The lowest BCUT2D eigenvalue weighted by molar-refractivity contribution is 0.403. The molecule has 1 aliphatic heterocycles. The molecule has 0 spiro atoms. The van der Waals surface area contributed by atoms with Crippen LogP contribution < -0.4 is 5.32 Å². The molecule has 26 heavy (non-hydrogen) atoms. The SMILES string of the molecule is CN=C(NCCCS(=O)(=O)Cc1ccccc1)N1CCC(CC(C)C)C1. The van der Waals surface area contributed by atoms with E-state index in [1.807, 2.05) is 30.3 Å². The molecule has 0 aromatic heterocycles. The Bertz CT molecular complexity index is 672. The van der Waals surface area contributed by atoms with E-state index in [4.69, 9.17) is 0 Å². The number of benzene rings is 1. The van der Waals surface area contributed by atoms with Crippen molar-refractivity contribution in [2.45, 2.75) is 38.9 Å². The highest BCUT2D eigenvalue weighted by atomic mass is 32.2. The zero-order valence-electron chi connectivity index (χ0n) is 16.3. The lowest BCUT2D eigenvalue weighted by Gasteiger charge is -2.22. The van der Waals surface area contributed by atoms with E-state index in [2.05, 4.69) is 29.1 Å². The van der Waals surface area contributed by atoms with Gasteiger partial charge >= 0.3 is 0 Å². The molecule has 1 N–H and O–H groups in total. The number of nitrogens with one attached hydrogen (secondary N) is 1. The second kappa shape index (κ2) is 9.95. The molecule has 1 aromatic carbocycles. The van der Waals surface area contributed by atoms with Crippen molar-refractivity contribution in [1.82, 2.24) is 10.2 Å². The van der Waals surface area contributed by atoms with Crippen LogP contribution in [0.5, 0.6) is 0 Å². The summed E-state index contributed by atoms with van der Waals surface area (Å²) >= 11 is 0. The van der Waals surface area contributed by atoms with Gasteiger partial charge in [0.05, 0.1) is 11.5 Å². The molecule has 0 bridgehead atoms. The number of hydrogen-bond acceptors (Lipinski definition) is 3. The molecule has 1 aliphatic rings. The summed E-state index contributed by atoms with van der Waals surface area (Å²) in [7, 11) is -1.28. The minimum Gasteiger partial charge on any atom is -0.356 e. The van der Waals surface area contributed by atoms with Gasteiger partial charge in [-0.25, -0.2) is 8.42 Å². The molecule has 0 aliphatic carbocycles. The molecule has 1 atom stereocenters. The van der Waals surface area contributed by atoms with Gasteiger partial charge in [0.15, 0.2) is 15.8 Å². The van der Waals surface area contributed by atoms with Gasteiger partial charge in [0.2, 0.25) is 0 Å². The number of likely N-dealkylation sites (tertiary alicyclic amines) is 1. The largest absolute Gasteiger partial charge is 0.356 e. The van der Waals surface area contributed by atoms with Crippen molar-refractivity contribution in [3.05, 3.63) is 35.9 Å². The average Bonchev–Trinajstić information content (AvgIpc) is 3.03. The highest BCUT2D eigenvalue weighted by Gasteiger charge is 2.25. The van der Waals surface area contributed by atoms with Gasteiger partial charge in [0.25, 0.3) is 0 Å². The molecule has 2 rings (SSSR count). The van der Waals surface area contributed by atoms with E-state index in [1.165, 1.54) is 12.8 Å². The summed E-state index contributed by atoms with van der Waals surface area (Å²) in [5, 5.41) is 3.33. The summed E-state index contributed by atoms with van der Waals surface area (Å²) in [6, 6.07) is 9.37. The minimum absolute atomic E-state index is 0.117. The second-order valence-corrected chi connectivity index (χ2v) is 9.82. The minimum atomic E-state index is -3.07. The Morgan fingerprint density at radius 3 is 2.69 bits per heavy atom. The number of nitrogens with zero attached hydrogens (tertiary/aromatic N) is 2. The van der Waals surface area contributed by atoms with Gasteiger partial charge in [-0.3, -0.25) is 4.99 Å². The van der Waals surface area contributed by atoms with Crippen LogP contribution in [-0.4, -0.2) is 51.7 Å². The molecule has 0 amide bonds. The maximum Gasteiger partial charge on any atom is 0.193 e. The first-order valence-electron chi connectivity index (χ1n) is 9.59. The summed E-state index contributed by atoms with van der Waals surface area (Å²) in [5.74, 6) is 2.68. The fraction of sp³-hybridized carbons (Fsp3) is 0.650. The van der Waals surface area contributed by atoms with Gasteiger partial charge in [-0.05, 0) is 36.7 Å². The van der Waals surface area contributed by atoms with Crippen LogP contribution in [0.25, 0.3) is 0 Å². The Labute approximate surface area is 158 Å². The molecule has 1 heterocycles. The number of rotatable bonds is 8. The molecule has 5 nitrogen and oxygen atoms in total. The highest BCUT2D eigenvalue weighted by Crippen LogP contribution is 2.23. The topological polar surface area (TPSA) is 61.8 Å². The highest BCUT2D eigenvalue weighted by molar-refractivity contribution is 7.90. The fourth-order valence-electron chi connectivity index (χ4n) is 3.61. The fourth-order valence-corrected chi connectivity index (χ4v) is 5.04. The molecule has 0 radical (unpaired) electrons. The van der Waals surface area contributed by atoms with Crippen LogP contribution in [0.15, 0.2) is 35.3 Å². The normalized spacial score (nSPS) is 18.5. The van der Waals surface area contributed by atoms with Crippen LogP contribution >= 0.6 is 0 Å². The van der Waals surface area contributed by atoms with Crippen molar-refractivity contribution in [2.24, 2.45) is 16.8 Å². The number of hydrogen-bond donors (Lipinski definition) is 1. The van der Waals surface area contributed by atoms with Gasteiger partial charge in [0, 0.05) is 26.7 Å². The smallest absolute Gasteiger partial charge is 0.193 e. The Morgan fingerprint density at radius 2 is 2.04 bits per heavy atom. The molecule has 146 valence electrons. The molecular formula is C20H33N3O2S. The zero-order chi connectivity index (χ0) is 19.0. The molecule has 1 fully saturated rings. The third-order valence-corrected chi connectivity index (χ3v) is 6.43. The Balaban J connectivity index is 1.72. The van der Waals surface area contributed by atoms with Gasteiger partial charge in [0.1, 0.15) is 0 Å². The Morgan fingerprint density at radius 1 is 1.31 bits per heavy atom. The maximum atomic E-state index is 12.2. The number of aliphatic imine (C=N–C) groups is 1. The maximum absolute atomic E-state index is 12.2. The molecule has 1 unspecified atom stereocenters. The van der Waals surface area contributed by atoms with Crippen molar-refractivity contribution < 1.29 is 8.42 Å². The van der Waals surface area contributed by atoms with Crippen LogP contribution in [-0.2, 0) is 15.6 Å². The summed E-state index contributed by atoms with van der Waals surface area (Å²) in [6.07, 6.45) is 3.06. The summed E-state index contributed by atoms with van der Waals surface area (Å²) < 4.78 is 24.5. The zero-order valence-corrected chi connectivity index (χ0v) is 17.1. The van der Waals surface area contributed by atoms with Crippen molar-refractivity contribution >= 4 is 15.8 Å². The first-order chi connectivity index (χ1) is 12.4. The van der Waals surface area contributed by atoms with E-state index in [9.17, 15) is 8.42 Å². The molecule has 1 aromatic rings. The predicted molar refractivity (Wildman–Crippen MR) is 109 cm³/mol. The summed E-state index contributed by atoms with van der Waals surface area (Å²) in [6.45, 7) is 7.25. The molecule has 1 saturated heterocycles. The van der Waals surface area contributed by atoms with Gasteiger partial charge in [-0.1, -0.05) is 44.2 Å². The van der Waals surface area contributed by atoms with Crippen LogP contribution in [0.1, 0.15) is 38.7 Å². The molecule has 6 heteroatoms. The van der Waals surface area contributed by atoms with E-state index in [1.54, 1.807) is 7.05 Å². The van der Waals surface area contributed by atoms with Crippen molar-refractivity contribution in [3.63, 3.8) is 0 Å². The standard InChI is InChI=1S/C20H33N3O2S/c1-17(2)14-19-10-12-23(15-19)20(21-3)22-11-7-13-26(24,25)16-18-8-5-4-6-9-18/h4-6,8-9,17,19H,7,10-16H2,1-3H3,(H,21,22). The summed E-state index contributed by atoms with van der Waals surface area (Å²) in [5.41, 5.74) is 0.851. The third kappa shape index (κ3) is 6.98. The van der Waals surface area contributed by atoms with Crippen LogP contribution in [0, 0.1) is 11.8 Å². The predicted octanol–water partition coefficient (Wildman–Crippen LogP) is 2.93. The monoisotopic (exact) mass is 379 g/mol. The van der Waals surface area contributed by atoms with Crippen LogP contribution in [0.2, 0.25) is 0 Å². The van der Waals surface area contributed by atoms with E-state index in [0.29, 0.717) is 13.0 Å². The lowest BCUT2D eigenvalue weighted by Crippen LogP contribution is -2.40. The summed E-state index contributed by atoms with van der Waals surface area (Å²) in [4.78, 5) is 6.66. The van der Waals surface area contributed by atoms with Crippen molar-refractivity contribution in [2.75, 3.05) is 32.4 Å². The van der Waals surface area contributed by atoms with Gasteiger partial charge < -0.3 is 10.2 Å². The molecular weight excluding hydrogens is 346 g/mol. The van der Waals surface area contributed by atoms with Crippen molar-refractivity contribution in [1.29, 1.82) is 0 Å². The lowest BCUT2D eigenvalue weighted by atomic mass is 9.97. The molecule has 0 saturated carbocycles. The van der Waals surface area contributed by atoms with Crippen LogP contribution in [0.3, 0.4) is 0 Å². The second-order valence-electron chi connectivity index (χ2n) is 7.64. The average molecular weight is 380 g/mol. The van der Waals surface area contributed by atoms with Gasteiger partial charge in [-0.15, -0.1) is 0 Å². The first kappa shape index (κ1) is 20.7.